The maximum Gasteiger partial charge on any atom is 0.262 e. The van der Waals surface area contributed by atoms with Crippen LogP contribution in [0.4, 0.5) is 5.69 Å². The van der Waals surface area contributed by atoms with Gasteiger partial charge in [-0.25, -0.2) is 4.98 Å². The minimum absolute atomic E-state index is 0.0503. The first-order valence-electron chi connectivity index (χ1n) is 5.65. The van der Waals surface area contributed by atoms with Crippen molar-refractivity contribution in [1.82, 2.24) is 4.98 Å². The Bertz CT molecular complexity index is 526. The fourth-order valence-corrected chi connectivity index (χ4v) is 1.47. The third-order valence-corrected chi connectivity index (χ3v) is 2.41. The van der Waals surface area contributed by atoms with Gasteiger partial charge in [0.25, 0.3) is 5.91 Å². The lowest BCUT2D eigenvalue weighted by atomic mass is 10.2. The summed E-state index contributed by atoms with van der Waals surface area (Å²) >= 11 is 0. The van der Waals surface area contributed by atoms with Crippen molar-refractivity contribution in [3.05, 3.63) is 54.2 Å². The molecule has 0 saturated carbocycles. The van der Waals surface area contributed by atoms with E-state index >= 15 is 0 Å². The fraction of sp³-hybridized carbons (Fsp3) is 0.143. The Balaban J connectivity index is 1.88. The van der Waals surface area contributed by atoms with Crippen LogP contribution in [-0.2, 0) is 4.79 Å². The number of carbonyl (C=O) groups is 1. The summed E-state index contributed by atoms with van der Waals surface area (Å²) in [6.45, 7) is 1.89. The number of anilines is 1. The van der Waals surface area contributed by atoms with Gasteiger partial charge in [-0.1, -0.05) is 24.3 Å². The molecule has 0 saturated heterocycles. The number of nitrogens with zero attached hydrogens (tertiary/aromatic N) is 1. The summed E-state index contributed by atoms with van der Waals surface area (Å²) in [5.41, 5.74) is 1.82. The van der Waals surface area contributed by atoms with Crippen LogP contribution in [0.1, 0.15) is 5.56 Å². The average molecular weight is 242 g/mol. The smallest absolute Gasteiger partial charge is 0.262 e. The summed E-state index contributed by atoms with van der Waals surface area (Å²) in [7, 11) is 0. The van der Waals surface area contributed by atoms with Crippen LogP contribution in [0, 0.1) is 6.92 Å². The minimum atomic E-state index is -0.199. The molecule has 18 heavy (non-hydrogen) atoms. The summed E-state index contributed by atoms with van der Waals surface area (Å²) in [6.07, 6.45) is 1.62. The Morgan fingerprint density at radius 1 is 1.22 bits per heavy atom. The zero-order valence-electron chi connectivity index (χ0n) is 10.1. The van der Waals surface area contributed by atoms with E-state index in [0.29, 0.717) is 5.88 Å². The normalized spacial score (nSPS) is 9.83. The van der Waals surface area contributed by atoms with Gasteiger partial charge in [-0.05, 0) is 24.6 Å². The SMILES string of the molecule is Cc1ccccc1NC(=O)COc1ccccn1. The molecule has 1 amide bonds. The lowest BCUT2D eigenvalue weighted by molar-refractivity contribution is -0.118. The van der Waals surface area contributed by atoms with E-state index in [2.05, 4.69) is 10.3 Å². The molecule has 0 aliphatic rings. The first-order valence-corrected chi connectivity index (χ1v) is 5.65. The molecule has 0 fully saturated rings. The van der Waals surface area contributed by atoms with Gasteiger partial charge in [-0.3, -0.25) is 4.79 Å². The summed E-state index contributed by atoms with van der Waals surface area (Å²) in [4.78, 5) is 15.6. The van der Waals surface area contributed by atoms with Gasteiger partial charge in [0.1, 0.15) is 0 Å². The summed E-state index contributed by atoms with van der Waals surface area (Å²) in [5.74, 6) is 0.243. The molecule has 0 aliphatic carbocycles. The van der Waals surface area contributed by atoms with E-state index in [1.807, 2.05) is 37.3 Å². The zero-order valence-corrected chi connectivity index (χ0v) is 10.1. The lowest BCUT2D eigenvalue weighted by Crippen LogP contribution is -2.20. The van der Waals surface area contributed by atoms with Crippen LogP contribution in [0.5, 0.6) is 5.88 Å². The highest BCUT2D eigenvalue weighted by molar-refractivity contribution is 5.92. The molecule has 4 heteroatoms. The van der Waals surface area contributed by atoms with Gasteiger partial charge in [0.2, 0.25) is 5.88 Å². The van der Waals surface area contributed by atoms with E-state index in [4.69, 9.17) is 4.74 Å². The largest absolute Gasteiger partial charge is 0.468 e. The van der Waals surface area contributed by atoms with Gasteiger partial charge in [-0.15, -0.1) is 0 Å². The minimum Gasteiger partial charge on any atom is -0.468 e. The second kappa shape index (κ2) is 5.82. The fourth-order valence-electron chi connectivity index (χ4n) is 1.47. The molecule has 0 bridgehead atoms. The number of pyridine rings is 1. The van der Waals surface area contributed by atoms with Crippen molar-refractivity contribution in [3.8, 4) is 5.88 Å². The Labute approximate surface area is 106 Å². The zero-order chi connectivity index (χ0) is 12.8. The van der Waals surface area contributed by atoms with E-state index in [0.717, 1.165) is 11.3 Å². The highest BCUT2D eigenvalue weighted by Gasteiger charge is 2.05. The number of rotatable bonds is 4. The number of aryl methyl sites for hydroxylation is 1. The van der Waals surface area contributed by atoms with Crippen molar-refractivity contribution in [1.29, 1.82) is 0 Å². The maximum atomic E-state index is 11.7. The van der Waals surface area contributed by atoms with Crippen LogP contribution in [0.3, 0.4) is 0 Å². The second-order valence-electron chi connectivity index (χ2n) is 3.82. The van der Waals surface area contributed by atoms with Gasteiger partial charge in [0.05, 0.1) is 0 Å². The van der Waals surface area contributed by atoms with Crippen molar-refractivity contribution in [2.75, 3.05) is 11.9 Å². The number of ether oxygens (including phenoxy) is 1. The van der Waals surface area contributed by atoms with Crippen LogP contribution in [-0.4, -0.2) is 17.5 Å². The number of hydrogen-bond donors (Lipinski definition) is 1. The van der Waals surface area contributed by atoms with Gasteiger partial charge < -0.3 is 10.1 Å². The number of nitrogens with one attached hydrogen (secondary N) is 1. The molecule has 4 nitrogen and oxygen atoms in total. The second-order valence-corrected chi connectivity index (χ2v) is 3.82. The number of hydrogen-bond acceptors (Lipinski definition) is 3. The summed E-state index contributed by atoms with van der Waals surface area (Å²) in [6, 6.07) is 12.9. The van der Waals surface area contributed by atoms with E-state index in [1.165, 1.54) is 0 Å². The molecule has 1 aromatic carbocycles. The Hall–Kier alpha value is -2.36. The molecular formula is C14H14N2O2. The highest BCUT2D eigenvalue weighted by atomic mass is 16.5. The average Bonchev–Trinajstić information content (AvgIpc) is 2.40. The van der Waals surface area contributed by atoms with Crippen molar-refractivity contribution < 1.29 is 9.53 Å². The standard InChI is InChI=1S/C14H14N2O2/c1-11-6-2-3-7-12(11)16-13(17)10-18-14-8-4-5-9-15-14/h2-9H,10H2,1H3,(H,16,17). The topological polar surface area (TPSA) is 51.2 Å². The monoisotopic (exact) mass is 242 g/mol. The third kappa shape index (κ3) is 3.31. The van der Waals surface area contributed by atoms with Crippen LogP contribution in [0.25, 0.3) is 0 Å². The van der Waals surface area contributed by atoms with Crippen molar-refractivity contribution >= 4 is 11.6 Å². The molecule has 0 radical (unpaired) electrons. The number of amides is 1. The molecule has 2 aromatic rings. The molecule has 1 N–H and O–H groups in total. The van der Waals surface area contributed by atoms with Crippen molar-refractivity contribution in [3.63, 3.8) is 0 Å². The van der Waals surface area contributed by atoms with Gasteiger partial charge in [-0.2, -0.15) is 0 Å². The summed E-state index contributed by atoms with van der Waals surface area (Å²) in [5, 5.41) is 2.79. The molecule has 0 spiro atoms. The van der Waals surface area contributed by atoms with E-state index in [9.17, 15) is 4.79 Å². The predicted molar refractivity (Wildman–Crippen MR) is 69.5 cm³/mol. The Kier molecular flexibility index (Phi) is 3.91. The highest BCUT2D eigenvalue weighted by Crippen LogP contribution is 2.13. The third-order valence-electron chi connectivity index (χ3n) is 2.41. The van der Waals surface area contributed by atoms with Gasteiger partial charge >= 0.3 is 0 Å². The number of benzene rings is 1. The molecule has 0 atom stereocenters. The molecule has 1 heterocycles. The molecular weight excluding hydrogens is 228 g/mol. The predicted octanol–water partition coefficient (Wildman–Crippen LogP) is 2.41. The number of para-hydroxylation sites is 1. The summed E-state index contributed by atoms with van der Waals surface area (Å²) < 4.78 is 5.26. The van der Waals surface area contributed by atoms with Crippen LogP contribution in [0.15, 0.2) is 48.7 Å². The first-order chi connectivity index (χ1) is 8.75. The Morgan fingerprint density at radius 2 is 2.00 bits per heavy atom. The van der Waals surface area contributed by atoms with E-state index in [-0.39, 0.29) is 12.5 Å². The number of aromatic nitrogens is 1. The van der Waals surface area contributed by atoms with Gasteiger partial charge in [0, 0.05) is 18.0 Å². The van der Waals surface area contributed by atoms with Gasteiger partial charge in [0.15, 0.2) is 6.61 Å². The maximum absolute atomic E-state index is 11.7. The lowest BCUT2D eigenvalue weighted by Gasteiger charge is -2.08. The molecule has 0 unspecified atom stereocenters. The number of carbonyl (C=O) groups excluding carboxylic acids is 1. The van der Waals surface area contributed by atoms with Crippen LogP contribution in [0.2, 0.25) is 0 Å². The van der Waals surface area contributed by atoms with Crippen molar-refractivity contribution in [2.24, 2.45) is 0 Å². The van der Waals surface area contributed by atoms with E-state index < -0.39 is 0 Å². The quantitative estimate of drug-likeness (QED) is 0.895. The van der Waals surface area contributed by atoms with Crippen LogP contribution < -0.4 is 10.1 Å². The Morgan fingerprint density at radius 3 is 2.72 bits per heavy atom. The molecule has 2 rings (SSSR count). The van der Waals surface area contributed by atoms with E-state index in [1.54, 1.807) is 18.3 Å². The molecule has 0 aliphatic heterocycles. The van der Waals surface area contributed by atoms with Crippen molar-refractivity contribution in [2.45, 2.75) is 6.92 Å². The molecule has 92 valence electrons. The van der Waals surface area contributed by atoms with Crippen LogP contribution >= 0.6 is 0 Å². The molecule has 1 aromatic heterocycles. The first kappa shape index (κ1) is 12.1.